The molecule has 0 unspecified atom stereocenters. The van der Waals surface area contributed by atoms with Crippen molar-refractivity contribution in [1.29, 1.82) is 0 Å². The molecule has 0 fully saturated rings. The van der Waals surface area contributed by atoms with E-state index < -0.39 is 23.5 Å². The van der Waals surface area contributed by atoms with Crippen molar-refractivity contribution >= 4 is 52.5 Å². The molecule has 0 aliphatic rings. The number of hydrogen-bond acceptors (Lipinski definition) is 4. The minimum Gasteiger partial charge on any atom is -0.444 e. The Morgan fingerprint density at radius 3 is 2.20 bits per heavy atom. The minimum atomic E-state index is -0.643. The molecule has 0 spiro atoms. The van der Waals surface area contributed by atoms with E-state index in [4.69, 9.17) is 27.9 Å². The van der Waals surface area contributed by atoms with Crippen molar-refractivity contribution in [2.75, 3.05) is 24.2 Å². The van der Waals surface area contributed by atoms with Gasteiger partial charge in [0.25, 0.3) is 5.91 Å². The Bertz CT molecular complexity index is 937. The molecule has 30 heavy (non-hydrogen) atoms. The van der Waals surface area contributed by atoms with Crippen LogP contribution in [-0.2, 0) is 9.53 Å². The molecule has 7 nitrogen and oxygen atoms in total. The Hall–Kier alpha value is -2.77. The van der Waals surface area contributed by atoms with Crippen LogP contribution in [0.4, 0.5) is 16.2 Å². The Morgan fingerprint density at radius 1 is 1.00 bits per heavy atom. The molecule has 2 aromatic carbocycles. The van der Waals surface area contributed by atoms with E-state index in [-0.39, 0.29) is 12.2 Å². The number of carbonyl (C=O) groups excluding carboxylic acids is 3. The molecule has 0 atom stereocenters. The van der Waals surface area contributed by atoms with Crippen molar-refractivity contribution in [3.05, 3.63) is 58.1 Å². The Balaban J connectivity index is 2.02. The van der Waals surface area contributed by atoms with Gasteiger partial charge in [0, 0.05) is 18.3 Å². The number of halogens is 2. The van der Waals surface area contributed by atoms with E-state index in [0.29, 0.717) is 21.3 Å². The summed E-state index contributed by atoms with van der Waals surface area (Å²) in [5.74, 6) is -0.855. The van der Waals surface area contributed by atoms with Crippen LogP contribution < -0.4 is 10.6 Å². The number of nitrogens with zero attached hydrogens (tertiary/aromatic N) is 1. The molecule has 0 bridgehead atoms. The van der Waals surface area contributed by atoms with E-state index in [1.54, 1.807) is 57.2 Å². The Morgan fingerprint density at radius 2 is 1.60 bits per heavy atom. The Labute approximate surface area is 185 Å². The second-order valence-corrected chi connectivity index (χ2v) is 8.33. The van der Waals surface area contributed by atoms with Gasteiger partial charge in [-0.2, -0.15) is 0 Å². The number of nitrogens with one attached hydrogen (secondary N) is 2. The SMILES string of the molecule is CN(CC(=O)Nc1c(Cl)cccc1Cl)C(=O)c1cccc(NC(=O)OC(C)(C)C)c1. The fourth-order valence-electron chi connectivity index (χ4n) is 2.46. The van der Waals surface area contributed by atoms with E-state index in [0.717, 1.165) is 0 Å². The van der Waals surface area contributed by atoms with Crippen molar-refractivity contribution < 1.29 is 19.1 Å². The molecule has 2 aromatic rings. The number of carbonyl (C=O) groups is 3. The molecule has 3 amide bonds. The second kappa shape index (κ2) is 9.82. The molecule has 0 radical (unpaired) electrons. The third-order valence-electron chi connectivity index (χ3n) is 3.71. The first-order valence-corrected chi connectivity index (χ1v) is 9.81. The molecule has 0 saturated carbocycles. The van der Waals surface area contributed by atoms with E-state index in [1.807, 2.05) is 0 Å². The molecule has 2 N–H and O–H groups in total. The first-order chi connectivity index (χ1) is 14.0. The molecule has 0 aliphatic carbocycles. The van der Waals surface area contributed by atoms with Crippen LogP contribution in [0, 0.1) is 0 Å². The first kappa shape index (κ1) is 23.5. The highest BCUT2D eigenvalue weighted by atomic mass is 35.5. The number of amides is 3. The topological polar surface area (TPSA) is 87.7 Å². The van der Waals surface area contributed by atoms with Gasteiger partial charge in [-0.25, -0.2) is 4.79 Å². The summed E-state index contributed by atoms with van der Waals surface area (Å²) in [5.41, 5.74) is 0.344. The summed E-state index contributed by atoms with van der Waals surface area (Å²) in [4.78, 5) is 38.2. The fourth-order valence-corrected chi connectivity index (χ4v) is 2.95. The summed E-state index contributed by atoms with van der Waals surface area (Å²) in [7, 11) is 1.49. The van der Waals surface area contributed by atoms with E-state index >= 15 is 0 Å². The molecule has 0 aliphatic heterocycles. The second-order valence-electron chi connectivity index (χ2n) is 7.51. The number of rotatable bonds is 5. The van der Waals surface area contributed by atoms with Crippen molar-refractivity contribution in [2.45, 2.75) is 26.4 Å². The van der Waals surface area contributed by atoms with Gasteiger partial charge < -0.3 is 15.0 Å². The van der Waals surface area contributed by atoms with Gasteiger partial charge >= 0.3 is 6.09 Å². The molecule has 2 rings (SSSR count). The van der Waals surface area contributed by atoms with Crippen LogP contribution in [-0.4, -0.2) is 42.0 Å². The van der Waals surface area contributed by atoms with Gasteiger partial charge in [-0.05, 0) is 51.1 Å². The third kappa shape index (κ3) is 6.93. The van der Waals surface area contributed by atoms with Crippen LogP contribution in [0.1, 0.15) is 31.1 Å². The molecule has 0 heterocycles. The van der Waals surface area contributed by atoms with Gasteiger partial charge in [0.05, 0.1) is 22.3 Å². The first-order valence-electron chi connectivity index (χ1n) is 9.05. The average Bonchev–Trinajstić information content (AvgIpc) is 2.62. The van der Waals surface area contributed by atoms with Gasteiger partial charge in [-0.1, -0.05) is 35.3 Å². The monoisotopic (exact) mass is 451 g/mol. The number of ether oxygens (including phenoxy) is 1. The summed E-state index contributed by atoms with van der Waals surface area (Å²) in [6.45, 7) is 5.04. The molecule has 0 aromatic heterocycles. The van der Waals surface area contributed by atoms with Gasteiger partial charge in [-0.3, -0.25) is 14.9 Å². The Kier molecular flexibility index (Phi) is 7.70. The predicted molar refractivity (Wildman–Crippen MR) is 118 cm³/mol. The lowest BCUT2D eigenvalue weighted by atomic mass is 10.1. The average molecular weight is 452 g/mol. The number of anilines is 2. The van der Waals surface area contributed by atoms with Gasteiger partial charge in [-0.15, -0.1) is 0 Å². The molecule has 9 heteroatoms. The highest BCUT2D eigenvalue weighted by Crippen LogP contribution is 2.29. The van der Waals surface area contributed by atoms with Crippen LogP contribution in [0.15, 0.2) is 42.5 Å². The van der Waals surface area contributed by atoms with Crippen LogP contribution >= 0.6 is 23.2 Å². The molecule has 0 saturated heterocycles. The lowest BCUT2D eigenvalue weighted by molar-refractivity contribution is -0.116. The summed E-state index contributed by atoms with van der Waals surface area (Å²) in [6.07, 6.45) is -0.628. The maximum Gasteiger partial charge on any atom is 0.412 e. The predicted octanol–water partition coefficient (Wildman–Crippen LogP) is 5.05. The smallest absolute Gasteiger partial charge is 0.412 e. The number of benzene rings is 2. The third-order valence-corrected chi connectivity index (χ3v) is 4.34. The van der Waals surface area contributed by atoms with E-state index in [1.165, 1.54) is 18.0 Å². The van der Waals surface area contributed by atoms with Crippen molar-refractivity contribution in [2.24, 2.45) is 0 Å². The number of hydrogen-bond donors (Lipinski definition) is 2. The van der Waals surface area contributed by atoms with E-state index in [2.05, 4.69) is 10.6 Å². The number of likely N-dealkylation sites (N-methyl/N-ethyl adjacent to an activating group) is 1. The van der Waals surface area contributed by atoms with Crippen LogP contribution in [0.5, 0.6) is 0 Å². The highest BCUT2D eigenvalue weighted by Gasteiger charge is 2.19. The fraction of sp³-hybridized carbons (Fsp3) is 0.286. The van der Waals surface area contributed by atoms with Crippen LogP contribution in [0.3, 0.4) is 0 Å². The minimum absolute atomic E-state index is 0.218. The summed E-state index contributed by atoms with van der Waals surface area (Å²) in [6, 6.07) is 11.2. The maximum atomic E-state index is 12.7. The van der Waals surface area contributed by atoms with Gasteiger partial charge in [0.15, 0.2) is 0 Å². The number of para-hydroxylation sites is 1. The lowest BCUT2D eigenvalue weighted by Gasteiger charge is -2.20. The summed E-state index contributed by atoms with van der Waals surface area (Å²) in [5, 5.41) is 5.78. The normalized spacial score (nSPS) is 10.9. The van der Waals surface area contributed by atoms with Crippen LogP contribution in [0.2, 0.25) is 10.0 Å². The zero-order chi connectivity index (χ0) is 22.5. The maximum absolute atomic E-state index is 12.7. The summed E-state index contributed by atoms with van der Waals surface area (Å²) < 4.78 is 5.20. The lowest BCUT2D eigenvalue weighted by Crippen LogP contribution is -2.35. The van der Waals surface area contributed by atoms with Crippen molar-refractivity contribution in [3.63, 3.8) is 0 Å². The molecule has 160 valence electrons. The zero-order valence-electron chi connectivity index (χ0n) is 17.1. The van der Waals surface area contributed by atoms with Gasteiger partial charge in [0.2, 0.25) is 5.91 Å². The zero-order valence-corrected chi connectivity index (χ0v) is 18.6. The van der Waals surface area contributed by atoms with Crippen molar-refractivity contribution in [3.8, 4) is 0 Å². The summed E-state index contributed by atoms with van der Waals surface area (Å²) >= 11 is 12.1. The largest absolute Gasteiger partial charge is 0.444 e. The van der Waals surface area contributed by atoms with Crippen molar-refractivity contribution in [1.82, 2.24) is 4.90 Å². The quantitative estimate of drug-likeness (QED) is 0.665. The molecular weight excluding hydrogens is 429 g/mol. The highest BCUT2D eigenvalue weighted by molar-refractivity contribution is 6.39. The van der Waals surface area contributed by atoms with Gasteiger partial charge in [0.1, 0.15) is 5.60 Å². The van der Waals surface area contributed by atoms with E-state index in [9.17, 15) is 14.4 Å². The molecular formula is C21H23Cl2N3O4. The van der Waals surface area contributed by atoms with Crippen LogP contribution in [0.25, 0.3) is 0 Å². The standard InChI is InChI=1S/C21H23Cl2N3O4/c1-21(2,3)30-20(29)24-14-8-5-7-13(11-14)19(28)26(4)12-17(27)25-18-15(22)9-6-10-16(18)23/h5-11H,12H2,1-4H3,(H,24,29)(H,25,27).